The summed E-state index contributed by atoms with van der Waals surface area (Å²) < 4.78 is 0. The number of carbonyl (C=O) groups is 1. The molecule has 1 aliphatic carbocycles. The Morgan fingerprint density at radius 2 is 2.10 bits per heavy atom. The van der Waals surface area contributed by atoms with Crippen molar-refractivity contribution in [1.29, 1.82) is 0 Å². The van der Waals surface area contributed by atoms with Crippen LogP contribution in [0.5, 0.6) is 0 Å². The number of nitrogens with zero attached hydrogens (tertiary/aromatic N) is 2. The maximum Gasteiger partial charge on any atom is 0.326 e. The molecule has 1 atom stereocenters. The van der Waals surface area contributed by atoms with Gasteiger partial charge < -0.3 is 10.4 Å². The van der Waals surface area contributed by atoms with E-state index >= 15 is 0 Å². The molecule has 1 aromatic heterocycles. The zero-order chi connectivity index (χ0) is 15.4. The number of aryl methyl sites for hydroxylation is 1. The van der Waals surface area contributed by atoms with E-state index in [0.717, 1.165) is 32.1 Å². The van der Waals surface area contributed by atoms with Gasteiger partial charge in [-0.2, -0.15) is 0 Å². The first-order valence-electron chi connectivity index (χ1n) is 7.10. The van der Waals surface area contributed by atoms with Gasteiger partial charge in [-0.3, -0.25) is 10.1 Å². The van der Waals surface area contributed by atoms with E-state index in [1.165, 1.54) is 6.07 Å². The van der Waals surface area contributed by atoms with Crippen molar-refractivity contribution < 1.29 is 14.8 Å². The van der Waals surface area contributed by atoms with Crippen molar-refractivity contribution in [1.82, 2.24) is 4.98 Å². The number of pyridine rings is 1. The summed E-state index contributed by atoms with van der Waals surface area (Å²) in [6.45, 7) is 1.71. The number of aliphatic carboxylic acids is 1. The van der Waals surface area contributed by atoms with E-state index in [1.54, 1.807) is 13.0 Å². The Morgan fingerprint density at radius 3 is 2.67 bits per heavy atom. The predicted molar refractivity (Wildman–Crippen MR) is 77.2 cm³/mol. The molecular weight excluding hydrogens is 274 g/mol. The van der Waals surface area contributed by atoms with E-state index in [1.807, 2.05) is 0 Å². The highest BCUT2D eigenvalue weighted by Gasteiger charge is 2.31. The number of hydrogen-bond donors (Lipinski definition) is 2. The van der Waals surface area contributed by atoms with E-state index < -0.39 is 16.9 Å². The Hall–Kier alpha value is -2.18. The maximum atomic E-state index is 11.5. The predicted octanol–water partition coefficient (Wildman–Crippen LogP) is 2.74. The van der Waals surface area contributed by atoms with Crippen LogP contribution in [0.25, 0.3) is 0 Å². The van der Waals surface area contributed by atoms with E-state index in [4.69, 9.17) is 0 Å². The van der Waals surface area contributed by atoms with Gasteiger partial charge in [-0.05, 0) is 31.7 Å². The number of carboxylic acids is 1. The third-order valence-corrected chi connectivity index (χ3v) is 3.89. The molecule has 0 amide bonds. The number of carboxylic acid groups (broad SMARTS) is 1. The van der Waals surface area contributed by atoms with Gasteiger partial charge in [0.25, 0.3) is 0 Å². The van der Waals surface area contributed by atoms with Gasteiger partial charge in [-0.1, -0.05) is 19.3 Å². The second-order valence-electron chi connectivity index (χ2n) is 5.44. The van der Waals surface area contributed by atoms with E-state index in [0.29, 0.717) is 5.69 Å². The minimum absolute atomic E-state index is 0.0156. The summed E-state index contributed by atoms with van der Waals surface area (Å²) >= 11 is 0. The Morgan fingerprint density at radius 1 is 1.43 bits per heavy atom. The lowest BCUT2D eigenvalue weighted by atomic mass is 9.84. The molecule has 7 nitrogen and oxygen atoms in total. The average Bonchev–Trinajstić information content (AvgIpc) is 2.45. The standard InChI is InChI=1S/C14H19N3O4/c1-9-7-8-11(17(20)21)13(15-9)16-12(14(18)19)10-5-3-2-4-6-10/h7-8,10,12H,2-6H2,1H3,(H,15,16)(H,18,19). The summed E-state index contributed by atoms with van der Waals surface area (Å²) in [6.07, 6.45) is 4.76. The van der Waals surface area contributed by atoms with E-state index in [-0.39, 0.29) is 17.4 Å². The highest BCUT2D eigenvalue weighted by Crippen LogP contribution is 2.30. The topological polar surface area (TPSA) is 105 Å². The van der Waals surface area contributed by atoms with Gasteiger partial charge in [0.1, 0.15) is 6.04 Å². The highest BCUT2D eigenvalue weighted by atomic mass is 16.6. The first-order valence-corrected chi connectivity index (χ1v) is 7.10. The number of aromatic nitrogens is 1. The van der Waals surface area contributed by atoms with E-state index in [9.17, 15) is 20.0 Å². The molecule has 1 aromatic rings. The van der Waals surface area contributed by atoms with Crippen molar-refractivity contribution in [2.45, 2.75) is 45.1 Å². The van der Waals surface area contributed by atoms with Crippen LogP contribution in [0.3, 0.4) is 0 Å². The van der Waals surface area contributed by atoms with Crippen molar-refractivity contribution in [3.8, 4) is 0 Å². The summed E-state index contributed by atoms with van der Waals surface area (Å²) in [5, 5.41) is 23.3. The normalized spacial score (nSPS) is 17.2. The van der Waals surface area contributed by atoms with Crippen LogP contribution in [-0.2, 0) is 4.79 Å². The molecule has 0 saturated heterocycles. The molecule has 1 saturated carbocycles. The lowest BCUT2D eigenvalue weighted by Crippen LogP contribution is -2.38. The monoisotopic (exact) mass is 293 g/mol. The minimum Gasteiger partial charge on any atom is -0.480 e. The molecular formula is C14H19N3O4. The Balaban J connectivity index is 2.26. The first-order chi connectivity index (χ1) is 9.99. The summed E-state index contributed by atoms with van der Waals surface area (Å²) in [6, 6.07) is 2.06. The number of anilines is 1. The molecule has 7 heteroatoms. The molecule has 1 aliphatic rings. The molecule has 2 N–H and O–H groups in total. The van der Waals surface area contributed by atoms with Crippen molar-refractivity contribution in [2.24, 2.45) is 5.92 Å². The number of hydrogen-bond acceptors (Lipinski definition) is 5. The molecule has 114 valence electrons. The molecule has 0 aliphatic heterocycles. The molecule has 1 heterocycles. The summed E-state index contributed by atoms with van der Waals surface area (Å²) in [4.78, 5) is 26.1. The van der Waals surface area contributed by atoms with Crippen molar-refractivity contribution in [3.05, 3.63) is 27.9 Å². The van der Waals surface area contributed by atoms with Gasteiger partial charge in [-0.15, -0.1) is 0 Å². The second kappa shape index (κ2) is 6.51. The maximum absolute atomic E-state index is 11.5. The second-order valence-corrected chi connectivity index (χ2v) is 5.44. The Kier molecular flexibility index (Phi) is 4.72. The van der Waals surface area contributed by atoms with Crippen molar-refractivity contribution in [3.63, 3.8) is 0 Å². The molecule has 1 unspecified atom stereocenters. The van der Waals surface area contributed by atoms with Gasteiger partial charge in [0, 0.05) is 11.8 Å². The zero-order valence-corrected chi connectivity index (χ0v) is 11.9. The SMILES string of the molecule is Cc1ccc([N+](=O)[O-])c(NC(C(=O)O)C2CCCCC2)n1. The lowest BCUT2D eigenvalue weighted by molar-refractivity contribution is -0.384. The van der Waals surface area contributed by atoms with Gasteiger partial charge in [-0.25, -0.2) is 9.78 Å². The van der Waals surface area contributed by atoms with Crippen LogP contribution in [0.2, 0.25) is 0 Å². The van der Waals surface area contributed by atoms with Crippen LogP contribution in [0.4, 0.5) is 11.5 Å². The number of nitrogens with one attached hydrogen (secondary N) is 1. The zero-order valence-electron chi connectivity index (χ0n) is 11.9. The minimum atomic E-state index is -0.987. The fourth-order valence-corrected chi connectivity index (χ4v) is 2.80. The van der Waals surface area contributed by atoms with Gasteiger partial charge in [0.05, 0.1) is 4.92 Å². The van der Waals surface area contributed by atoms with Gasteiger partial charge in [0.15, 0.2) is 0 Å². The fourth-order valence-electron chi connectivity index (χ4n) is 2.80. The van der Waals surface area contributed by atoms with Crippen molar-refractivity contribution >= 4 is 17.5 Å². The van der Waals surface area contributed by atoms with Crippen LogP contribution in [0.15, 0.2) is 12.1 Å². The first kappa shape index (κ1) is 15.2. The number of rotatable bonds is 5. The molecule has 21 heavy (non-hydrogen) atoms. The fraction of sp³-hybridized carbons (Fsp3) is 0.571. The quantitative estimate of drug-likeness (QED) is 0.638. The van der Waals surface area contributed by atoms with Crippen LogP contribution < -0.4 is 5.32 Å². The third-order valence-electron chi connectivity index (χ3n) is 3.89. The molecule has 0 bridgehead atoms. The summed E-state index contributed by atoms with van der Waals surface area (Å²) in [5.41, 5.74) is 0.415. The Labute approximate surface area is 122 Å². The lowest BCUT2D eigenvalue weighted by Gasteiger charge is -2.28. The summed E-state index contributed by atoms with van der Waals surface area (Å²) in [7, 11) is 0. The van der Waals surface area contributed by atoms with Crippen LogP contribution in [-0.4, -0.2) is 27.0 Å². The van der Waals surface area contributed by atoms with E-state index in [2.05, 4.69) is 10.3 Å². The molecule has 2 rings (SSSR count). The van der Waals surface area contributed by atoms with Gasteiger partial charge >= 0.3 is 11.7 Å². The largest absolute Gasteiger partial charge is 0.480 e. The Bertz CT molecular complexity index is 541. The smallest absolute Gasteiger partial charge is 0.326 e. The van der Waals surface area contributed by atoms with Crippen molar-refractivity contribution in [2.75, 3.05) is 5.32 Å². The average molecular weight is 293 g/mol. The third kappa shape index (κ3) is 3.68. The summed E-state index contributed by atoms with van der Waals surface area (Å²) in [5.74, 6) is -0.962. The number of nitro groups is 1. The van der Waals surface area contributed by atoms with Crippen LogP contribution in [0, 0.1) is 23.0 Å². The molecule has 0 spiro atoms. The van der Waals surface area contributed by atoms with Gasteiger partial charge in [0.2, 0.25) is 5.82 Å². The molecule has 1 fully saturated rings. The van der Waals surface area contributed by atoms with Crippen LogP contribution >= 0.6 is 0 Å². The highest BCUT2D eigenvalue weighted by molar-refractivity contribution is 5.78. The molecule has 0 radical (unpaired) electrons. The molecule has 0 aromatic carbocycles. The van der Waals surface area contributed by atoms with Crippen LogP contribution in [0.1, 0.15) is 37.8 Å².